The predicted molar refractivity (Wildman–Crippen MR) is 83.5 cm³/mol. The molecule has 19 heavy (non-hydrogen) atoms. The Morgan fingerprint density at radius 3 is 2.89 bits per heavy atom. The number of nitrogens with zero attached hydrogens (tertiary/aromatic N) is 2. The lowest BCUT2D eigenvalue weighted by Crippen LogP contribution is -2.31. The maximum atomic E-state index is 5.12. The highest BCUT2D eigenvalue weighted by Gasteiger charge is 1.95. The zero-order chi connectivity index (χ0) is 13.5. The van der Waals surface area contributed by atoms with Gasteiger partial charge in [0.1, 0.15) is 0 Å². The number of aryl methyl sites for hydroxylation is 1. The van der Waals surface area contributed by atoms with Gasteiger partial charge in [-0.1, -0.05) is 30.3 Å². The molecule has 0 unspecified atom stereocenters. The number of hydrogen-bond donors (Lipinski definition) is 2. The van der Waals surface area contributed by atoms with Crippen molar-refractivity contribution in [3.63, 3.8) is 0 Å². The Labute approximate surface area is 121 Å². The molecule has 0 spiro atoms. The molecule has 0 saturated carbocycles. The molecule has 98 valence electrons. The first kappa shape index (κ1) is 13.6. The summed E-state index contributed by atoms with van der Waals surface area (Å²) in [6.45, 7) is 2.64. The lowest BCUT2D eigenvalue weighted by molar-refractivity contribution is 0.868. The molecule has 0 fully saturated rings. The molecule has 6 heteroatoms. The third kappa shape index (κ3) is 4.76. The van der Waals surface area contributed by atoms with Crippen LogP contribution in [0.2, 0.25) is 0 Å². The molecule has 0 amide bonds. The third-order valence-corrected chi connectivity index (χ3v) is 3.32. The van der Waals surface area contributed by atoms with Gasteiger partial charge in [0, 0.05) is 11.9 Å². The Hall–Kier alpha value is -1.79. The van der Waals surface area contributed by atoms with Crippen LogP contribution in [0.4, 0.5) is 0 Å². The fraction of sp³-hybridized carbons (Fsp3) is 0.154. The minimum atomic E-state index is 0.493. The van der Waals surface area contributed by atoms with Gasteiger partial charge in [-0.25, -0.2) is 4.98 Å². The molecule has 1 heterocycles. The number of hydrogen-bond acceptors (Lipinski definition) is 4. The molecular weight excluding hydrogens is 276 g/mol. The first-order chi connectivity index (χ1) is 9.24. The summed E-state index contributed by atoms with van der Waals surface area (Å²) < 4.78 is 0. The highest BCUT2D eigenvalue weighted by molar-refractivity contribution is 7.80. The fourth-order valence-electron chi connectivity index (χ4n) is 1.41. The Balaban J connectivity index is 1.74. The minimum Gasteiger partial charge on any atom is -0.357 e. The van der Waals surface area contributed by atoms with Gasteiger partial charge in [0.15, 0.2) is 5.11 Å². The zero-order valence-electron chi connectivity index (χ0n) is 10.5. The van der Waals surface area contributed by atoms with Gasteiger partial charge in [0.2, 0.25) is 0 Å². The molecule has 2 rings (SSSR count). The number of aromatic nitrogens is 1. The average molecular weight is 290 g/mol. The van der Waals surface area contributed by atoms with Crippen LogP contribution in [0.25, 0.3) is 0 Å². The second kappa shape index (κ2) is 6.96. The summed E-state index contributed by atoms with van der Waals surface area (Å²) in [6.07, 6.45) is 1.65. The maximum absolute atomic E-state index is 5.12. The molecule has 2 N–H and O–H groups in total. The third-order valence-electron chi connectivity index (χ3n) is 2.30. The van der Waals surface area contributed by atoms with E-state index in [0.29, 0.717) is 11.7 Å². The van der Waals surface area contributed by atoms with Crippen LogP contribution in [-0.4, -0.2) is 16.3 Å². The van der Waals surface area contributed by atoms with Crippen LogP contribution in [0.15, 0.2) is 40.8 Å². The van der Waals surface area contributed by atoms with Gasteiger partial charge < -0.3 is 5.32 Å². The van der Waals surface area contributed by atoms with Gasteiger partial charge in [-0.05, 0) is 24.7 Å². The van der Waals surface area contributed by atoms with Crippen LogP contribution in [-0.2, 0) is 6.54 Å². The van der Waals surface area contributed by atoms with E-state index in [9.17, 15) is 0 Å². The molecule has 0 atom stereocenters. The number of thiazole rings is 1. The van der Waals surface area contributed by atoms with E-state index in [4.69, 9.17) is 12.2 Å². The van der Waals surface area contributed by atoms with Crippen LogP contribution in [0, 0.1) is 6.92 Å². The molecule has 0 saturated heterocycles. The number of thiocarbonyl (C=S) groups is 1. The average Bonchev–Trinajstić information content (AvgIpc) is 2.83. The van der Waals surface area contributed by atoms with Gasteiger partial charge >= 0.3 is 0 Å². The smallest absolute Gasteiger partial charge is 0.187 e. The summed E-state index contributed by atoms with van der Waals surface area (Å²) in [5, 5.41) is 10.6. The summed E-state index contributed by atoms with van der Waals surface area (Å²) in [5.41, 5.74) is 4.77. The van der Waals surface area contributed by atoms with E-state index in [-0.39, 0.29) is 0 Å². The standard InChI is InChI=1S/C13H14N4S2/c1-10-16-12(9-19-10)8-15-17-13(18)14-7-11-5-3-2-4-6-11/h2-6,8-9H,7H2,1H3,(H2,14,17,18)/b15-8-. The van der Waals surface area contributed by atoms with Gasteiger partial charge in [0.05, 0.1) is 16.9 Å². The molecule has 0 radical (unpaired) electrons. The highest BCUT2D eigenvalue weighted by atomic mass is 32.1. The normalized spacial score (nSPS) is 10.6. The molecule has 1 aromatic carbocycles. The van der Waals surface area contributed by atoms with Crippen LogP contribution >= 0.6 is 23.6 Å². The second-order valence-corrected chi connectivity index (χ2v) is 5.30. The van der Waals surface area contributed by atoms with Gasteiger partial charge in [-0.15, -0.1) is 11.3 Å². The van der Waals surface area contributed by atoms with Crippen LogP contribution < -0.4 is 10.7 Å². The second-order valence-electron chi connectivity index (χ2n) is 3.83. The highest BCUT2D eigenvalue weighted by Crippen LogP contribution is 2.05. The summed E-state index contributed by atoms with van der Waals surface area (Å²) >= 11 is 6.71. The summed E-state index contributed by atoms with van der Waals surface area (Å²) in [5.74, 6) is 0. The van der Waals surface area contributed by atoms with Crippen molar-refractivity contribution in [1.82, 2.24) is 15.7 Å². The Morgan fingerprint density at radius 1 is 1.42 bits per heavy atom. The van der Waals surface area contributed by atoms with Crippen molar-refractivity contribution in [2.45, 2.75) is 13.5 Å². The van der Waals surface area contributed by atoms with E-state index in [2.05, 4.69) is 20.8 Å². The van der Waals surface area contributed by atoms with E-state index in [1.165, 1.54) is 5.56 Å². The first-order valence-electron chi connectivity index (χ1n) is 5.77. The van der Waals surface area contributed by atoms with E-state index >= 15 is 0 Å². The molecule has 0 bridgehead atoms. The van der Waals surface area contributed by atoms with Crippen molar-refractivity contribution < 1.29 is 0 Å². The molecule has 2 aromatic rings. The molecule has 0 aliphatic rings. The quantitative estimate of drug-likeness (QED) is 0.516. The maximum Gasteiger partial charge on any atom is 0.187 e. The van der Waals surface area contributed by atoms with Crippen LogP contribution in [0.3, 0.4) is 0 Å². The number of rotatable bonds is 4. The summed E-state index contributed by atoms with van der Waals surface area (Å²) in [4.78, 5) is 4.27. The van der Waals surface area contributed by atoms with Gasteiger partial charge in [-0.3, -0.25) is 5.43 Å². The van der Waals surface area contributed by atoms with Crippen LogP contribution in [0.5, 0.6) is 0 Å². The van der Waals surface area contributed by atoms with Crippen molar-refractivity contribution in [2.24, 2.45) is 5.10 Å². The largest absolute Gasteiger partial charge is 0.357 e. The van der Waals surface area contributed by atoms with Crippen molar-refractivity contribution in [3.05, 3.63) is 52.0 Å². The van der Waals surface area contributed by atoms with Crippen molar-refractivity contribution in [3.8, 4) is 0 Å². The molecule has 4 nitrogen and oxygen atoms in total. The van der Waals surface area contributed by atoms with E-state index in [0.717, 1.165) is 10.7 Å². The van der Waals surface area contributed by atoms with E-state index in [1.807, 2.05) is 42.6 Å². The predicted octanol–water partition coefficient (Wildman–Crippen LogP) is 2.45. The lowest BCUT2D eigenvalue weighted by atomic mass is 10.2. The minimum absolute atomic E-state index is 0.493. The summed E-state index contributed by atoms with van der Waals surface area (Å²) in [6, 6.07) is 10.1. The molecular formula is C13H14N4S2. The van der Waals surface area contributed by atoms with Crippen molar-refractivity contribution in [2.75, 3.05) is 0 Å². The van der Waals surface area contributed by atoms with E-state index in [1.54, 1.807) is 17.6 Å². The molecule has 0 aliphatic heterocycles. The van der Waals surface area contributed by atoms with Gasteiger partial charge in [0.25, 0.3) is 0 Å². The van der Waals surface area contributed by atoms with Crippen LogP contribution in [0.1, 0.15) is 16.3 Å². The monoisotopic (exact) mass is 290 g/mol. The van der Waals surface area contributed by atoms with Crippen molar-refractivity contribution in [1.29, 1.82) is 0 Å². The Morgan fingerprint density at radius 2 is 2.21 bits per heavy atom. The molecule has 1 aromatic heterocycles. The molecule has 0 aliphatic carbocycles. The summed E-state index contributed by atoms with van der Waals surface area (Å²) in [7, 11) is 0. The number of hydrazone groups is 1. The van der Waals surface area contributed by atoms with Crippen molar-refractivity contribution >= 4 is 34.9 Å². The van der Waals surface area contributed by atoms with Gasteiger partial charge in [-0.2, -0.15) is 5.10 Å². The zero-order valence-corrected chi connectivity index (χ0v) is 12.1. The first-order valence-corrected chi connectivity index (χ1v) is 7.06. The Bertz CT molecular complexity index is 563. The number of benzene rings is 1. The topological polar surface area (TPSA) is 49.3 Å². The SMILES string of the molecule is Cc1nc(/C=N\NC(=S)NCc2ccccc2)cs1. The number of nitrogens with one attached hydrogen (secondary N) is 2. The Kier molecular flexibility index (Phi) is 5.00. The van der Waals surface area contributed by atoms with E-state index < -0.39 is 0 Å². The lowest BCUT2D eigenvalue weighted by Gasteiger charge is -2.06. The fourth-order valence-corrected chi connectivity index (χ4v) is 2.10.